The van der Waals surface area contributed by atoms with Crippen LogP contribution in [0.25, 0.3) is 6.08 Å². The highest BCUT2D eigenvalue weighted by Crippen LogP contribution is 2.33. The van der Waals surface area contributed by atoms with Gasteiger partial charge in [-0.2, -0.15) is 15.1 Å². The maximum absolute atomic E-state index is 12.2. The maximum Gasteiger partial charge on any atom is 0.283 e. The Bertz CT molecular complexity index is 761. The van der Waals surface area contributed by atoms with Crippen LogP contribution in [-0.2, 0) is 4.79 Å². The lowest BCUT2D eigenvalue weighted by Gasteiger charge is -2.19. The van der Waals surface area contributed by atoms with Gasteiger partial charge in [0.25, 0.3) is 5.91 Å². The van der Waals surface area contributed by atoms with Gasteiger partial charge in [-0.3, -0.25) is 10.2 Å². The topological polar surface area (TPSA) is 82.0 Å². The predicted octanol–water partition coefficient (Wildman–Crippen LogP) is 4.10. The molecule has 0 bridgehead atoms. The van der Waals surface area contributed by atoms with Crippen molar-refractivity contribution in [3.05, 3.63) is 28.1 Å². The average Bonchev–Trinajstić information content (AvgIpc) is 3.11. The van der Waals surface area contributed by atoms with Crippen molar-refractivity contribution in [2.45, 2.75) is 26.7 Å². The predicted molar refractivity (Wildman–Crippen MR) is 95.5 cm³/mol. The number of aliphatic imine (C=N–C) groups is 1. The van der Waals surface area contributed by atoms with E-state index in [2.05, 4.69) is 39.9 Å². The van der Waals surface area contributed by atoms with Crippen LogP contribution in [0.4, 0.5) is 0 Å². The van der Waals surface area contributed by atoms with Gasteiger partial charge in [-0.25, -0.2) is 0 Å². The second kappa shape index (κ2) is 6.45. The lowest BCUT2D eigenvalue weighted by atomic mass is 10.1. The molecular formula is C15H15BrN4O2S. The van der Waals surface area contributed by atoms with Gasteiger partial charge < -0.3 is 4.42 Å². The summed E-state index contributed by atoms with van der Waals surface area (Å²) >= 11 is 4.59. The Morgan fingerprint density at radius 1 is 1.43 bits per heavy atom. The van der Waals surface area contributed by atoms with E-state index in [1.807, 2.05) is 0 Å². The SMILES string of the molecule is CCC(CC)C1=NN2C(=N)C(=Cc3ccc(Br)o3)C(=O)N=C2S1. The molecule has 0 spiro atoms. The third kappa shape index (κ3) is 3.05. The first-order chi connectivity index (χ1) is 11.0. The van der Waals surface area contributed by atoms with Crippen molar-refractivity contribution in [2.24, 2.45) is 16.0 Å². The van der Waals surface area contributed by atoms with E-state index in [1.54, 1.807) is 12.1 Å². The molecule has 1 N–H and O–H groups in total. The van der Waals surface area contributed by atoms with Crippen LogP contribution in [-0.4, -0.2) is 27.0 Å². The highest BCUT2D eigenvalue weighted by atomic mass is 79.9. The van der Waals surface area contributed by atoms with Crippen LogP contribution in [0.15, 0.2) is 36.9 Å². The molecule has 0 aromatic carbocycles. The molecule has 0 fully saturated rings. The molecule has 23 heavy (non-hydrogen) atoms. The Hall–Kier alpha value is -1.67. The summed E-state index contributed by atoms with van der Waals surface area (Å²) in [4.78, 5) is 16.3. The van der Waals surface area contributed by atoms with Gasteiger partial charge in [-0.05, 0) is 58.7 Å². The molecule has 1 aromatic heterocycles. The number of hydrazone groups is 1. The number of hydrogen-bond donors (Lipinski definition) is 1. The van der Waals surface area contributed by atoms with Crippen molar-refractivity contribution in [1.29, 1.82) is 5.41 Å². The highest BCUT2D eigenvalue weighted by molar-refractivity contribution is 9.10. The van der Waals surface area contributed by atoms with Gasteiger partial charge in [-0.15, -0.1) is 0 Å². The van der Waals surface area contributed by atoms with Crippen LogP contribution in [0.5, 0.6) is 0 Å². The Balaban J connectivity index is 1.93. The highest BCUT2D eigenvalue weighted by Gasteiger charge is 2.37. The molecule has 1 amide bonds. The molecule has 8 heteroatoms. The lowest BCUT2D eigenvalue weighted by Crippen LogP contribution is -2.35. The fourth-order valence-corrected chi connectivity index (χ4v) is 3.83. The first-order valence-electron chi connectivity index (χ1n) is 7.29. The average molecular weight is 395 g/mol. The third-order valence-corrected chi connectivity index (χ3v) is 5.18. The number of amides is 1. The molecule has 3 heterocycles. The van der Waals surface area contributed by atoms with E-state index in [1.165, 1.54) is 22.8 Å². The zero-order valence-corrected chi connectivity index (χ0v) is 15.1. The number of carbonyl (C=O) groups is 1. The molecular weight excluding hydrogens is 380 g/mol. The number of nitrogens with zero attached hydrogens (tertiary/aromatic N) is 3. The Labute approximate surface area is 146 Å². The van der Waals surface area contributed by atoms with E-state index in [0.29, 0.717) is 21.5 Å². The minimum absolute atomic E-state index is 0.0287. The van der Waals surface area contributed by atoms with Crippen LogP contribution in [0.1, 0.15) is 32.4 Å². The number of fused-ring (bicyclic) bond motifs is 1. The summed E-state index contributed by atoms with van der Waals surface area (Å²) in [6.45, 7) is 4.21. The molecule has 0 atom stereocenters. The van der Waals surface area contributed by atoms with Crippen LogP contribution >= 0.6 is 27.7 Å². The number of halogens is 1. The summed E-state index contributed by atoms with van der Waals surface area (Å²) in [5.74, 6) is 0.396. The molecule has 0 radical (unpaired) electrons. The maximum atomic E-state index is 12.2. The zero-order valence-electron chi connectivity index (χ0n) is 12.7. The minimum Gasteiger partial charge on any atom is -0.450 e. The first-order valence-corrected chi connectivity index (χ1v) is 8.89. The smallest absolute Gasteiger partial charge is 0.283 e. The number of thioether (sulfide) groups is 1. The Morgan fingerprint density at radius 2 is 2.17 bits per heavy atom. The van der Waals surface area contributed by atoms with Crippen LogP contribution in [0.3, 0.4) is 0 Å². The third-order valence-electron chi connectivity index (χ3n) is 3.69. The molecule has 1 aromatic rings. The number of furan rings is 1. The molecule has 2 aliphatic heterocycles. The fourth-order valence-electron chi connectivity index (χ4n) is 2.36. The lowest BCUT2D eigenvalue weighted by molar-refractivity contribution is -0.114. The van der Waals surface area contributed by atoms with Crippen LogP contribution < -0.4 is 0 Å². The van der Waals surface area contributed by atoms with Gasteiger partial charge in [0, 0.05) is 5.92 Å². The zero-order chi connectivity index (χ0) is 16.6. The Kier molecular flexibility index (Phi) is 4.54. The number of hydrogen-bond acceptors (Lipinski definition) is 5. The normalized spacial score (nSPS) is 19.5. The summed E-state index contributed by atoms with van der Waals surface area (Å²) in [5, 5.41) is 15.6. The van der Waals surface area contributed by atoms with Crippen molar-refractivity contribution in [2.75, 3.05) is 0 Å². The largest absolute Gasteiger partial charge is 0.450 e. The number of nitrogens with one attached hydrogen (secondary N) is 1. The number of rotatable bonds is 4. The number of amidine groups is 2. The van der Waals surface area contributed by atoms with E-state index in [9.17, 15) is 4.79 Å². The summed E-state index contributed by atoms with van der Waals surface area (Å²) in [6.07, 6.45) is 3.45. The van der Waals surface area contributed by atoms with Gasteiger partial charge >= 0.3 is 0 Å². The van der Waals surface area contributed by atoms with Crippen LogP contribution in [0, 0.1) is 11.3 Å². The first kappa shape index (κ1) is 16.2. The van der Waals surface area contributed by atoms with Crippen molar-refractivity contribution in [3.63, 3.8) is 0 Å². The summed E-state index contributed by atoms with van der Waals surface area (Å²) in [5.41, 5.74) is 0.172. The van der Waals surface area contributed by atoms with Gasteiger partial charge in [0.1, 0.15) is 10.8 Å². The molecule has 120 valence electrons. The van der Waals surface area contributed by atoms with Gasteiger partial charge in [0.15, 0.2) is 10.5 Å². The van der Waals surface area contributed by atoms with E-state index in [-0.39, 0.29) is 11.4 Å². The molecule has 2 aliphatic rings. The van der Waals surface area contributed by atoms with E-state index < -0.39 is 5.91 Å². The molecule has 6 nitrogen and oxygen atoms in total. The van der Waals surface area contributed by atoms with Gasteiger partial charge in [-0.1, -0.05) is 13.8 Å². The van der Waals surface area contributed by atoms with E-state index >= 15 is 0 Å². The second-order valence-corrected chi connectivity index (χ2v) is 6.88. The molecule has 3 rings (SSSR count). The fraction of sp³-hybridized carbons (Fsp3) is 0.333. The van der Waals surface area contributed by atoms with Gasteiger partial charge in [0.05, 0.1) is 5.57 Å². The van der Waals surface area contributed by atoms with Crippen molar-refractivity contribution in [3.8, 4) is 0 Å². The Morgan fingerprint density at radius 3 is 2.78 bits per heavy atom. The van der Waals surface area contributed by atoms with Crippen molar-refractivity contribution >= 4 is 55.7 Å². The van der Waals surface area contributed by atoms with E-state index in [0.717, 1.165) is 17.9 Å². The van der Waals surface area contributed by atoms with Crippen molar-refractivity contribution < 1.29 is 9.21 Å². The number of carbonyl (C=O) groups excluding carboxylic acids is 1. The van der Waals surface area contributed by atoms with Crippen LogP contribution in [0.2, 0.25) is 0 Å². The van der Waals surface area contributed by atoms with Crippen molar-refractivity contribution in [1.82, 2.24) is 5.01 Å². The summed E-state index contributed by atoms with van der Waals surface area (Å²) in [6, 6.07) is 3.45. The molecule has 0 saturated carbocycles. The molecule has 0 saturated heterocycles. The van der Waals surface area contributed by atoms with E-state index in [4.69, 9.17) is 9.83 Å². The standard InChI is InChI=1S/C15H15BrN4O2S/c1-3-8(4-2)14-19-20-12(17)10(13(21)18-15(20)23-14)7-9-5-6-11(16)22-9/h5-8,17H,3-4H2,1-2H3. The quantitative estimate of drug-likeness (QED) is 0.779. The monoisotopic (exact) mass is 394 g/mol. The molecule has 0 unspecified atom stereocenters. The minimum atomic E-state index is -0.442. The summed E-state index contributed by atoms with van der Waals surface area (Å²) in [7, 11) is 0. The second-order valence-electron chi connectivity index (χ2n) is 5.11. The van der Waals surface area contributed by atoms with Gasteiger partial charge in [0.2, 0.25) is 5.17 Å². The summed E-state index contributed by atoms with van der Waals surface area (Å²) < 4.78 is 5.94. The molecule has 0 aliphatic carbocycles.